The van der Waals surface area contributed by atoms with Crippen molar-refractivity contribution < 1.29 is 4.21 Å². The highest BCUT2D eigenvalue weighted by atomic mass is 32.2. The van der Waals surface area contributed by atoms with E-state index in [1.807, 2.05) is 0 Å². The van der Waals surface area contributed by atoms with E-state index in [1.54, 1.807) is 0 Å². The quantitative estimate of drug-likeness (QED) is 0.837. The third-order valence-electron chi connectivity index (χ3n) is 3.46. The van der Waals surface area contributed by atoms with Crippen LogP contribution < -0.4 is 0 Å². The highest BCUT2D eigenvalue weighted by Gasteiger charge is 2.25. The summed E-state index contributed by atoms with van der Waals surface area (Å²) in [6.07, 6.45) is 1.12. The largest absolute Gasteiger partial charge is 0.304 e. The molecule has 0 aromatic heterocycles. The zero-order valence-corrected chi connectivity index (χ0v) is 12.4. The van der Waals surface area contributed by atoms with Crippen molar-refractivity contribution in [2.75, 3.05) is 25.9 Å². The van der Waals surface area contributed by atoms with Crippen molar-refractivity contribution in [3.05, 3.63) is 35.4 Å². The van der Waals surface area contributed by atoms with Gasteiger partial charge < -0.3 is 4.90 Å². The van der Waals surface area contributed by atoms with E-state index in [0.717, 1.165) is 25.3 Å². The van der Waals surface area contributed by atoms with Crippen molar-refractivity contribution in [3.63, 3.8) is 0 Å². The van der Waals surface area contributed by atoms with Crippen LogP contribution in [0.15, 0.2) is 24.3 Å². The van der Waals surface area contributed by atoms with Gasteiger partial charge >= 0.3 is 0 Å². The molecule has 1 saturated heterocycles. The summed E-state index contributed by atoms with van der Waals surface area (Å²) in [5.41, 5.74) is 2.61. The van der Waals surface area contributed by atoms with Crippen LogP contribution in [-0.2, 0) is 17.2 Å². The number of nitrogens with zero attached hydrogens (tertiary/aromatic N) is 1. The summed E-state index contributed by atoms with van der Waals surface area (Å²) in [5.74, 6) is 1.49. The normalized spacial score (nSPS) is 25.6. The molecule has 1 fully saturated rings. The molecule has 1 aliphatic heterocycles. The molecule has 2 nitrogen and oxygen atoms in total. The molecule has 2 unspecified atom stereocenters. The lowest BCUT2D eigenvalue weighted by atomic mass is 10.0. The van der Waals surface area contributed by atoms with Gasteiger partial charge in [-0.2, -0.15) is 0 Å². The van der Waals surface area contributed by atoms with E-state index in [9.17, 15) is 4.21 Å². The Bertz CT molecular complexity index is 413. The van der Waals surface area contributed by atoms with Crippen LogP contribution in [0.5, 0.6) is 0 Å². The first kappa shape index (κ1) is 13.8. The minimum atomic E-state index is -0.709. The maximum absolute atomic E-state index is 12.1. The van der Waals surface area contributed by atoms with Crippen LogP contribution in [0.1, 0.15) is 30.2 Å². The number of rotatable bonds is 3. The summed E-state index contributed by atoms with van der Waals surface area (Å²) < 4.78 is 12.1. The second kappa shape index (κ2) is 5.98. The predicted octanol–water partition coefficient (Wildman–Crippen LogP) is 2.62. The lowest BCUT2D eigenvalue weighted by Crippen LogP contribution is -2.37. The molecule has 3 heteroatoms. The van der Waals surface area contributed by atoms with Crippen molar-refractivity contribution in [2.24, 2.45) is 5.92 Å². The van der Waals surface area contributed by atoms with Crippen LogP contribution in [0, 0.1) is 5.92 Å². The van der Waals surface area contributed by atoms with E-state index in [-0.39, 0.29) is 5.25 Å². The van der Waals surface area contributed by atoms with E-state index in [4.69, 9.17) is 0 Å². The Kier molecular flexibility index (Phi) is 4.57. The lowest BCUT2D eigenvalue weighted by Gasteiger charge is -2.29. The standard InChI is InChI=1S/C15H23NOS/c1-12(2)10-13-4-6-14(7-5-13)15-11-16(3)8-9-18(15)17/h4-7,12,15H,8-11H2,1-3H3. The molecular formula is C15H23NOS. The summed E-state index contributed by atoms with van der Waals surface area (Å²) in [5, 5.41) is 0.192. The number of hydrogen-bond donors (Lipinski definition) is 0. The van der Waals surface area contributed by atoms with Crippen LogP contribution in [0.3, 0.4) is 0 Å². The fourth-order valence-corrected chi connectivity index (χ4v) is 4.10. The summed E-state index contributed by atoms with van der Waals surface area (Å²) in [6, 6.07) is 8.72. The van der Waals surface area contributed by atoms with E-state index in [2.05, 4.69) is 50.1 Å². The van der Waals surface area contributed by atoms with E-state index >= 15 is 0 Å². The summed E-state index contributed by atoms with van der Waals surface area (Å²) >= 11 is 0. The molecule has 1 aromatic carbocycles. The smallest absolute Gasteiger partial charge is 0.0724 e. The molecule has 0 radical (unpaired) electrons. The molecule has 1 heterocycles. The molecule has 2 atom stereocenters. The van der Waals surface area contributed by atoms with Crippen molar-refractivity contribution in [3.8, 4) is 0 Å². The van der Waals surface area contributed by atoms with Gasteiger partial charge in [-0.1, -0.05) is 38.1 Å². The lowest BCUT2D eigenvalue weighted by molar-refractivity contribution is 0.341. The van der Waals surface area contributed by atoms with E-state index in [0.29, 0.717) is 5.92 Å². The topological polar surface area (TPSA) is 20.3 Å². The van der Waals surface area contributed by atoms with Crippen molar-refractivity contribution >= 4 is 10.8 Å². The molecule has 0 amide bonds. The third kappa shape index (κ3) is 3.42. The Balaban J connectivity index is 2.10. The van der Waals surface area contributed by atoms with Gasteiger partial charge in [-0.15, -0.1) is 0 Å². The average molecular weight is 265 g/mol. The van der Waals surface area contributed by atoms with Gasteiger partial charge in [-0.05, 0) is 30.5 Å². The molecule has 0 bridgehead atoms. The van der Waals surface area contributed by atoms with Gasteiger partial charge in [0, 0.05) is 29.6 Å². The Labute approximate surface area is 113 Å². The van der Waals surface area contributed by atoms with Crippen LogP contribution in [0.25, 0.3) is 0 Å². The molecule has 0 aliphatic carbocycles. The zero-order valence-electron chi connectivity index (χ0n) is 11.6. The minimum absolute atomic E-state index is 0.192. The number of hydrogen-bond acceptors (Lipinski definition) is 2. The van der Waals surface area contributed by atoms with E-state index in [1.165, 1.54) is 11.1 Å². The second-order valence-corrected chi connectivity index (χ2v) is 7.41. The third-order valence-corrected chi connectivity index (χ3v) is 5.11. The van der Waals surface area contributed by atoms with Crippen LogP contribution in [0.4, 0.5) is 0 Å². The first-order valence-electron chi connectivity index (χ1n) is 6.71. The molecule has 2 rings (SSSR count). The molecule has 0 spiro atoms. The Morgan fingerprint density at radius 2 is 2.00 bits per heavy atom. The Morgan fingerprint density at radius 1 is 1.33 bits per heavy atom. The molecule has 100 valence electrons. The van der Waals surface area contributed by atoms with Gasteiger partial charge in [0.1, 0.15) is 0 Å². The number of likely N-dealkylation sites (N-methyl/N-ethyl adjacent to an activating group) is 1. The highest BCUT2D eigenvalue weighted by molar-refractivity contribution is 7.85. The Morgan fingerprint density at radius 3 is 2.61 bits per heavy atom. The summed E-state index contributed by atoms with van der Waals surface area (Å²) in [6.45, 7) is 6.34. The zero-order chi connectivity index (χ0) is 13.1. The fourth-order valence-electron chi connectivity index (χ4n) is 2.44. The van der Waals surface area contributed by atoms with Crippen LogP contribution in [0.2, 0.25) is 0 Å². The van der Waals surface area contributed by atoms with Gasteiger partial charge in [-0.3, -0.25) is 4.21 Å². The molecular weight excluding hydrogens is 242 g/mol. The maximum Gasteiger partial charge on any atom is 0.0724 e. The van der Waals surface area contributed by atoms with Gasteiger partial charge in [0.05, 0.1) is 5.25 Å². The van der Waals surface area contributed by atoms with Crippen molar-refractivity contribution in [1.29, 1.82) is 0 Å². The van der Waals surface area contributed by atoms with Gasteiger partial charge in [0.25, 0.3) is 0 Å². The highest BCUT2D eigenvalue weighted by Crippen LogP contribution is 2.25. The van der Waals surface area contributed by atoms with E-state index < -0.39 is 10.8 Å². The van der Waals surface area contributed by atoms with Crippen molar-refractivity contribution in [2.45, 2.75) is 25.5 Å². The first-order chi connectivity index (χ1) is 8.56. The molecule has 18 heavy (non-hydrogen) atoms. The maximum atomic E-state index is 12.1. The monoisotopic (exact) mass is 265 g/mol. The minimum Gasteiger partial charge on any atom is -0.304 e. The predicted molar refractivity (Wildman–Crippen MR) is 78.2 cm³/mol. The molecule has 0 N–H and O–H groups in total. The summed E-state index contributed by atoms with van der Waals surface area (Å²) in [4.78, 5) is 2.27. The van der Waals surface area contributed by atoms with Gasteiger partial charge in [-0.25, -0.2) is 0 Å². The summed E-state index contributed by atoms with van der Waals surface area (Å²) in [7, 11) is 1.40. The average Bonchev–Trinajstić information content (AvgIpc) is 2.33. The fraction of sp³-hybridized carbons (Fsp3) is 0.600. The molecule has 1 aliphatic rings. The molecule has 0 saturated carbocycles. The Hall–Kier alpha value is -0.670. The van der Waals surface area contributed by atoms with Gasteiger partial charge in [0.15, 0.2) is 0 Å². The van der Waals surface area contributed by atoms with Crippen LogP contribution >= 0.6 is 0 Å². The van der Waals surface area contributed by atoms with Gasteiger partial charge in [0.2, 0.25) is 0 Å². The van der Waals surface area contributed by atoms with Crippen LogP contribution in [-0.4, -0.2) is 35.0 Å². The van der Waals surface area contributed by atoms with Crippen molar-refractivity contribution in [1.82, 2.24) is 4.90 Å². The molecule has 1 aromatic rings. The SMILES string of the molecule is CC(C)Cc1ccc(C2CN(C)CCS2=O)cc1. The second-order valence-electron chi connectivity index (χ2n) is 5.68. The first-order valence-corrected chi connectivity index (χ1v) is 8.09. The number of benzene rings is 1.